The van der Waals surface area contributed by atoms with Crippen LogP contribution in [0.25, 0.3) is 11.1 Å². The lowest BCUT2D eigenvalue weighted by Crippen LogP contribution is -2.39. The zero-order valence-electron chi connectivity index (χ0n) is 20.4. The maximum Gasteiger partial charge on any atom is 0.267 e. The molecule has 0 radical (unpaired) electrons. The Morgan fingerprint density at radius 3 is 2.44 bits per heavy atom. The van der Waals surface area contributed by atoms with Gasteiger partial charge in [0.2, 0.25) is 10.0 Å². The second-order valence-corrected chi connectivity index (χ2v) is 10.4. The Morgan fingerprint density at radius 1 is 1.11 bits per heavy atom. The van der Waals surface area contributed by atoms with Crippen molar-refractivity contribution in [3.05, 3.63) is 87.6 Å². The molecule has 0 aliphatic carbocycles. The standard InChI is InChI=1S/C26H27N5O4S/c1-4-22(31(16-8-15-27)36(33,34)21-13-11-18(2)12-14-21)24-28-25-23(19(3)29-35-25)26(32)30(24)17-20-9-6-5-7-10-20/h5-7,9-14,22H,4,8,16-17H2,1-3H3. The van der Waals surface area contributed by atoms with Gasteiger partial charge in [0.1, 0.15) is 11.2 Å². The number of rotatable bonds is 9. The molecule has 186 valence electrons. The number of hydrogen-bond donors (Lipinski definition) is 0. The van der Waals surface area contributed by atoms with Crippen molar-refractivity contribution in [1.29, 1.82) is 5.26 Å². The molecule has 9 nitrogen and oxygen atoms in total. The lowest BCUT2D eigenvalue weighted by molar-refractivity contribution is 0.299. The van der Waals surface area contributed by atoms with Gasteiger partial charge in [0, 0.05) is 13.0 Å². The fourth-order valence-corrected chi connectivity index (χ4v) is 5.88. The van der Waals surface area contributed by atoms with E-state index in [0.717, 1.165) is 11.1 Å². The summed E-state index contributed by atoms with van der Waals surface area (Å²) in [7, 11) is -4.02. The number of aryl methyl sites for hydroxylation is 2. The Labute approximate surface area is 209 Å². The highest BCUT2D eigenvalue weighted by molar-refractivity contribution is 7.89. The molecule has 0 spiro atoms. The van der Waals surface area contributed by atoms with Crippen LogP contribution in [0.2, 0.25) is 0 Å². The minimum Gasteiger partial charge on any atom is -0.335 e. The van der Waals surface area contributed by atoms with E-state index >= 15 is 0 Å². The topological polar surface area (TPSA) is 122 Å². The van der Waals surface area contributed by atoms with Crippen molar-refractivity contribution in [1.82, 2.24) is 19.0 Å². The van der Waals surface area contributed by atoms with Crippen molar-refractivity contribution >= 4 is 21.1 Å². The van der Waals surface area contributed by atoms with Crippen LogP contribution in [-0.2, 0) is 16.6 Å². The fraction of sp³-hybridized carbons (Fsp3) is 0.308. The Hall–Kier alpha value is -3.81. The molecule has 0 N–H and O–H groups in total. The van der Waals surface area contributed by atoms with Gasteiger partial charge in [0.15, 0.2) is 0 Å². The molecular formula is C26H27N5O4S. The minimum absolute atomic E-state index is 0.0197. The van der Waals surface area contributed by atoms with Crippen molar-refractivity contribution in [3.63, 3.8) is 0 Å². The maximum atomic E-state index is 13.8. The van der Waals surface area contributed by atoms with Crippen molar-refractivity contribution < 1.29 is 12.9 Å². The van der Waals surface area contributed by atoms with Crippen molar-refractivity contribution in [2.24, 2.45) is 0 Å². The van der Waals surface area contributed by atoms with Gasteiger partial charge in [-0.25, -0.2) is 8.42 Å². The van der Waals surface area contributed by atoms with E-state index in [0.29, 0.717) is 12.1 Å². The summed E-state index contributed by atoms with van der Waals surface area (Å²) < 4.78 is 35.7. The van der Waals surface area contributed by atoms with Crippen LogP contribution >= 0.6 is 0 Å². The molecule has 2 heterocycles. The molecule has 2 aromatic carbocycles. The van der Waals surface area contributed by atoms with Crippen LogP contribution in [0.4, 0.5) is 0 Å². The van der Waals surface area contributed by atoms with E-state index in [1.165, 1.54) is 8.87 Å². The van der Waals surface area contributed by atoms with Crippen LogP contribution < -0.4 is 5.56 Å². The molecule has 0 aliphatic rings. The maximum absolute atomic E-state index is 13.8. The average Bonchev–Trinajstić information content (AvgIpc) is 3.25. The quantitative estimate of drug-likeness (QED) is 0.335. The van der Waals surface area contributed by atoms with Crippen LogP contribution in [-0.4, -0.2) is 34.0 Å². The van der Waals surface area contributed by atoms with Crippen LogP contribution in [0, 0.1) is 25.2 Å². The molecule has 0 saturated carbocycles. The lowest BCUT2D eigenvalue weighted by atomic mass is 10.1. The largest absolute Gasteiger partial charge is 0.335 e. The van der Waals surface area contributed by atoms with Crippen LogP contribution in [0.3, 0.4) is 0 Å². The molecule has 0 fully saturated rings. The summed E-state index contributed by atoms with van der Waals surface area (Å²) in [4.78, 5) is 18.4. The summed E-state index contributed by atoms with van der Waals surface area (Å²) in [6.45, 7) is 5.50. The molecule has 36 heavy (non-hydrogen) atoms. The Kier molecular flexibility index (Phi) is 7.33. The first-order valence-electron chi connectivity index (χ1n) is 11.6. The second-order valence-electron chi connectivity index (χ2n) is 8.56. The summed E-state index contributed by atoms with van der Waals surface area (Å²) in [5.41, 5.74) is 1.90. The SMILES string of the molecule is CCC(c1nc2onc(C)c2c(=O)n1Cc1ccccc1)N(CCC#N)S(=O)(=O)c1ccc(C)cc1. The molecule has 4 aromatic rings. The Bertz CT molecular complexity index is 1570. The van der Waals surface area contributed by atoms with E-state index in [1.54, 1.807) is 31.2 Å². The first-order valence-corrected chi connectivity index (χ1v) is 13.1. The highest BCUT2D eigenvalue weighted by Crippen LogP contribution is 2.31. The molecule has 4 rings (SSSR count). The van der Waals surface area contributed by atoms with E-state index < -0.39 is 16.1 Å². The zero-order valence-corrected chi connectivity index (χ0v) is 21.2. The average molecular weight is 506 g/mol. The van der Waals surface area contributed by atoms with Gasteiger partial charge in [-0.05, 0) is 38.0 Å². The lowest BCUT2D eigenvalue weighted by Gasteiger charge is -2.30. The third-order valence-electron chi connectivity index (χ3n) is 6.08. The predicted molar refractivity (Wildman–Crippen MR) is 135 cm³/mol. The number of benzene rings is 2. The normalized spacial score (nSPS) is 12.6. The van der Waals surface area contributed by atoms with E-state index in [4.69, 9.17) is 4.52 Å². The molecule has 0 saturated heterocycles. The zero-order chi connectivity index (χ0) is 25.9. The number of fused-ring (bicyclic) bond motifs is 1. The molecule has 0 bridgehead atoms. The monoisotopic (exact) mass is 505 g/mol. The summed E-state index contributed by atoms with van der Waals surface area (Å²) in [5.74, 6) is 0.239. The van der Waals surface area contributed by atoms with Gasteiger partial charge in [0.25, 0.3) is 11.3 Å². The van der Waals surface area contributed by atoms with Crippen molar-refractivity contribution in [2.75, 3.05) is 6.54 Å². The smallest absolute Gasteiger partial charge is 0.267 e. The number of hydrogen-bond acceptors (Lipinski definition) is 7. The number of sulfonamides is 1. The van der Waals surface area contributed by atoms with E-state index in [2.05, 4.69) is 10.1 Å². The summed E-state index contributed by atoms with van der Waals surface area (Å²) in [6, 6.07) is 17.2. The molecule has 0 amide bonds. The molecule has 0 aliphatic heterocycles. The minimum atomic E-state index is -4.02. The highest BCUT2D eigenvalue weighted by Gasteiger charge is 2.35. The van der Waals surface area contributed by atoms with Crippen LogP contribution in [0.15, 0.2) is 68.8 Å². The third-order valence-corrected chi connectivity index (χ3v) is 8.01. The van der Waals surface area contributed by atoms with Gasteiger partial charge in [-0.15, -0.1) is 0 Å². The van der Waals surface area contributed by atoms with E-state index in [1.807, 2.05) is 50.2 Å². The summed E-state index contributed by atoms with van der Waals surface area (Å²) in [5, 5.41) is 13.4. The first kappa shape index (κ1) is 25.3. The Balaban J connectivity index is 1.93. The first-order chi connectivity index (χ1) is 17.3. The molecule has 1 unspecified atom stereocenters. The predicted octanol–water partition coefficient (Wildman–Crippen LogP) is 4.11. The number of nitrogens with zero attached hydrogens (tertiary/aromatic N) is 5. The van der Waals surface area contributed by atoms with Crippen molar-refractivity contribution in [2.45, 2.75) is 51.1 Å². The molecule has 2 aromatic heterocycles. The van der Waals surface area contributed by atoms with Crippen molar-refractivity contribution in [3.8, 4) is 6.07 Å². The van der Waals surface area contributed by atoms with E-state index in [9.17, 15) is 18.5 Å². The van der Waals surface area contributed by atoms with Gasteiger partial charge in [-0.3, -0.25) is 9.36 Å². The number of aromatic nitrogens is 3. The Morgan fingerprint density at radius 2 is 1.81 bits per heavy atom. The molecule has 1 atom stereocenters. The van der Waals surface area contributed by atoms with Gasteiger partial charge in [-0.1, -0.05) is 60.1 Å². The second kappa shape index (κ2) is 10.4. The third kappa shape index (κ3) is 4.80. The van der Waals surface area contributed by atoms with Gasteiger partial charge < -0.3 is 4.52 Å². The summed E-state index contributed by atoms with van der Waals surface area (Å²) in [6.07, 6.45) is 0.296. The molecule has 10 heteroatoms. The highest BCUT2D eigenvalue weighted by atomic mass is 32.2. The molecular weight excluding hydrogens is 478 g/mol. The number of nitriles is 1. The van der Waals surface area contributed by atoms with Crippen LogP contribution in [0.1, 0.15) is 48.5 Å². The van der Waals surface area contributed by atoms with Gasteiger partial charge in [-0.2, -0.15) is 14.6 Å². The summed E-state index contributed by atoms with van der Waals surface area (Å²) >= 11 is 0. The van der Waals surface area contributed by atoms with Gasteiger partial charge >= 0.3 is 0 Å². The van der Waals surface area contributed by atoms with Gasteiger partial charge in [0.05, 0.1) is 29.2 Å². The fourth-order valence-electron chi connectivity index (χ4n) is 4.22. The van der Waals surface area contributed by atoms with Crippen LogP contribution in [0.5, 0.6) is 0 Å². The van der Waals surface area contributed by atoms with E-state index in [-0.39, 0.29) is 46.9 Å².